The molecular formula is C15H19FeNO+2. The molecule has 2 nitrogen and oxygen atoms in total. The summed E-state index contributed by atoms with van der Waals surface area (Å²) < 4.78 is 0. The molecule has 0 spiro atoms. The molecule has 10 radical (unpaired) electrons. The molecular weight excluding hydrogens is 266 g/mol. The van der Waals surface area contributed by atoms with E-state index < -0.39 is 0 Å². The molecule has 2 aliphatic rings. The van der Waals surface area contributed by atoms with Crippen molar-refractivity contribution in [3.05, 3.63) is 63.2 Å². The fourth-order valence-electron chi connectivity index (χ4n) is 1.53. The van der Waals surface area contributed by atoms with E-state index in [0.29, 0.717) is 6.04 Å². The third-order valence-electron chi connectivity index (χ3n) is 2.79. The van der Waals surface area contributed by atoms with Crippen LogP contribution in [-0.4, -0.2) is 31.3 Å². The first-order chi connectivity index (χ1) is 8.16. The summed E-state index contributed by atoms with van der Waals surface area (Å²) in [5.41, 5.74) is 0. The normalized spacial score (nSPS) is 22.2. The maximum absolute atomic E-state index is 10.6. The summed E-state index contributed by atoms with van der Waals surface area (Å²) in [6.07, 6.45) is 16.7. The second kappa shape index (κ2) is 10.00. The van der Waals surface area contributed by atoms with E-state index in [4.69, 9.17) is 0 Å². The van der Waals surface area contributed by atoms with Gasteiger partial charge in [0.2, 0.25) is 0 Å². The van der Waals surface area contributed by atoms with E-state index >= 15 is 0 Å². The largest absolute Gasteiger partial charge is 2.00 e. The summed E-state index contributed by atoms with van der Waals surface area (Å²) >= 11 is 0. The molecule has 1 atom stereocenters. The van der Waals surface area contributed by atoms with E-state index in [0.717, 1.165) is 18.1 Å². The van der Waals surface area contributed by atoms with Gasteiger partial charge < -0.3 is 9.69 Å². The predicted octanol–water partition coefficient (Wildman–Crippen LogP) is 1.93. The third-order valence-corrected chi connectivity index (χ3v) is 2.79. The summed E-state index contributed by atoms with van der Waals surface area (Å²) in [6, 6.07) is 0.306. The molecule has 0 bridgehead atoms. The minimum atomic E-state index is 0. The molecule has 2 aliphatic carbocycles. The van der Waals surface area contributed by atoms with Gasteiger partial charge in [-0.1, -0.05) is 0 Å². The van der Waals surface area contributed by atoms with Crippen LogP contribution in [0.3, 0.4) is 0 Å². The number of hydrogen-bond acceptors (Lipinski definition) is 2. The zero-order valence-electron chi connectivity index (χ0n) is 11.0. The van der Waals surface area contributed by atoms with Crippen LogP contribution in [0.1, 0.15) is 6.92 Å². The van der Waals surface area contributed by atoms with Crippen molar-refractivity contribution >= 4 is 6.29 Å². The van der Waals surface area contributed by atoms with Crippen LogP contribution in [-0.2, 0) is 21.9 Å². The molecule has 18 heavy (non-hydrogen) atoms. The fraction of sp³-hybridized carbons (Fsp3) is 0.267. The minimum absolute atomic E-state index is 0. The van der Waals surface area contributed by atoms with E-state index in [1.54, 1.807) is 0 Å². The van der Waals surface area contributed by atoms with Crippen LogP contribution in [0.2, 0.25) is 0 Å². The molecule has 0 heterocycles. The SMILES string of the molecule is C[C@@H]([C]1[CH][CH][CH][C]1C=O)N(C)C.[CH]1[CH][CH][CH][CH]1.[Fe+2]. The van der Waals surface area contributed by atoms with Crippen molar-refractivity contribution in [3.63, 3.8) is 0 Å². The maximum Gasteiger partial charge on any atom is 2.00 e. The monoisotopic (exact) mass is 285 g/mol. The summed E-state index contributed by atoms with van der Waals surface area (Å²) in [7, 11) is 4.01. The fourth-order valence-corrected chi connectivity index (χ4v) is 1.53. The van der Waals surface area contributed by atoms with Gasteiger partial charge in [-0.15, -0.1) is 0 Å². The van der Waals surface area contributed by atoms with Crippen molar-refractivity contribution in [2.45, 2.75) is 13.0 Å². The van der Waals surface area contributed by atoms with Crippen LogP contribution in [0.4, 0.5) is 0 Å². The number of rotatable bonds is 3. The second-order valence-electron chi connectivity index (χ2n) is 4.16. The summed E-state index contributed by atoms with van der Waals surface area (Å²) in [5, 5.41) is 0. The molecule has 2 rings (SSSR count). The van der Waals surface area contributed by atoms with Gasteiger partial charge in [0.05, 0.1) is 5.92 Å². The molecule has 2 fully saturated rings. The van der Waals surface area contributed by atoms with Crippen molar-refractivity contribution in [3.8, 4) is 0 Å². The van der Waals surface area contributed by atoms with Crippen molar-refractivity contribution < 1.29 is 21.9 Å². The zero-order valence-corrected chi connectivity index (χ0v) is 12.1. The number of nitrogens with zero attached hydrogens (tertiary/aromatic N) is 1. The topological polar surface area (TPSA) is 20.3 Å². The summed E-state index contributed by atoms with van der Waals surface area (Å²) in [6.45, 7) is 2.09. The van der Waals surface area contributed by atoms with Crippen LogP contribution < -0.4 is 0 Å². The Kier molecular flexibility index (Phi) is 10.1. The first-order valence-electron chi connectivity index (χ1n) is 5.70. The molecule has 0 amide bonds. The van der Waals surface area contributed by atoms with Gasteiger partial charge in [0.25, 0.3) is 0 Å². The molecule has 0 aliphatic heterocycles. The van der Waals surface area contributed by atoms with Gasteiger partial charge in [-0.3, -0.25) is 0 Å². The summed E-state index contributed by atoms with van der Waals surface area (Å²) in [5.74, 6) is 1.91. The van der Waals surface area contributed by atoms with E-state index in [1.807, 2.05) is 65.5 Å². The molecule has 0 N–H and O–H groups in total. The first-order valence-corrected chi connectivity index (χ1v) is 5.70. The van der Waals surface area contributed by atoms with Crippen LogP contribution in [0.15, 0.2) is 0 Å². The molecule has 0 unspecified atom stereocenters. The Hall–Kier alpha value is 0.149. The molecule has 0 aromatic heterocycles. The van der Waals surface area contributed by atoms with Crippen LogP contribution in [0, 0.1) is 63.2 Å². The average Bonchev–Trinajstić information content (AvgIpc) is 3.01. The van der Waals surface area contributed by atoms with Crippen molar-refractivity contribution in [2.75, 3.05) is 14.1 Å². The Bertz CT molecular complexity index is 209. The Balaban J connectivity index is 0.000000405. The first kappa shape index (κ1) is 18.1. The van der Waals surface area contributed by atoms with E-state index in [9.17, 15) is 4.79 Å². The standard InChI is InChI=1S/C10H14NO.C5H5.Fe/c1-8(11(2)3)10-6-4-5-9(10)7-12;1-2-4-5-3-1;/h4-8H,1-3H3;1-5H;/q;;+2/t8-;;/m0../s1. The maximum atomic E-state index is 10.6. The Morgan fingerprint density at radius 3 is 1.89 bits per heavy atom. The van der Waals surface area contributed by atoms with Crippen molar-refractivity contribution in [2.24, 2.45) is 0 Å². The minimum Gasteiger partial charge on any atom is -0.306 e. The quantitative estimate of drug-likeness (QED) is 0.583. The van der Waals surface area contributed by atoms with Gasteiger partial charge in [0.15, 0.2) is 0 Å². The molecule has 0 aromatic rings. The predicted molar refractivity (Wildman–Crippen MR) is 70.1 cm³/mol. The van der Waals surface area contributed by atoms with Gasteiger partial charge >= 0.3 is 17.1 Å². The molecule has 96 valence electrons. The van der Waals surface area contributed by atoms with E-state index in [-0.39, 0.29) is 17.1 Å². The van der Waals surface area contributed by atoms with Gasteiger partial charge in [-0.05, 0) is 72.4 Å². The average molecular weight is 285 g/mol. The molecule has 3 heteroatoms. The van der Waals surface area contributed by atoms with Crippen molar-refractivity contribution in [1.29, 1.82) is 0 Å². The van der Waals surface area contributed by atoms with Gasteiger partial charge in [0, 0.05) is 12.0 Å². The smallest absolute Gasteiger partial charge is 0.306 e. The van der Waals surface area contributed by atoms with Crippen LogP contribution in [0.25, 0.3) is 0 Å². The molecule has 0 saturated heterocycles. The van der Waals surface area contributed by atoms with E-state index in [1.165, 1.54) is 0 Å². The number of aldehydes is 1. The zero-order chi connectivity index (χ0) is 12.7. The van der Waals surface area contributed by atoms with Gasteiger partial charge in [-0.2, -0.15) is 0 Å². The van der Waals surface area contributed by atoms with Crippen LogP contribution in [0.5, 0.6) is 0 Å². The van der Waals surface area contributed by atoms with Crippen LogP contribution >= 0.6 is 0 Å². The Labute approximate surface area is 123 Å². The molecule has 2 saturated carbocycles. The van der Waals surface area contributed by atoms with E-state index in [2.05, 4.69) is 11.8 Å². The Morgan fingerprint density at radius 2 is 1.50 bits per heavy atom. The third kappa shape index (κ3) is 5.86. The number of carbonyl (C=O) groups excluding carboxylic acids is 1. The summed E-state index contributed by atoms with van der Waals surface area (Å²) in [4.78, 5) is 12.7. The van der Waals surface area contributed by atoms with Gasteiger partial charge in [-0.25, -0.2) is 0 Å². The van der Waals surface area contributed by atoms with Gasteiger partial charge in [0.1, 0.15) is 6.29 Å². The second-order valence-corrected chi connectivity index (χ2v) is 4.16. The van der Waals surface area contributed by atoms with Crippen molar-refractivity contribution in [1.82, 2.24) is 4.90 Å². The number of hydrogen-bond donors (Lipinski definition) is 0. The Morgan fingerprint density at radius 1 is 1.00 bits per heavy atom. The molecule has 0 aromatic carbocycles. The number of carbonyl (C=O) groups is 1.